The maximum atomic E-state index is 8.83. The second-order valence-corrected chi connectivity index (χ2v) is 21.6. The summed E-state index contributed by atoms with van der Waals surface area (Å²) in [5, 5.41) is 2.07. The smallest absolute Gasteiger partial charge is 0.268 e. The first kappa shape index (κ1) is 42.2. The molecule has 3 aromatic heterocycles. The van der Waals surface area contributed by atoms with Gasteiger partial charge in [-0.15, -0.1) is 29.7 Å². The van der Waals surface area contributed by atoms with E-state index in [1.54, 1.807) is 0 Å². The summed E-state index contributed by atoms with van der Waals surface area (Å²) in [6.45, 7) is 7.91. The van der Waals surface area contributed by atoms with E-state index in [2.05, 4.69) is 172 Å². The fourth-order valence-corrected chi connectivity index (χ4v) is 11.0. The molecule has 0 amide bonds. The Balaban J connectivity index is 0.00000665. The molecule has 0 unspecified atom stereocenters. The molecule has 1 aliphatic heterocycles. The minimum absolute atomic E-state index is 0. The van der Waals surface area contributed by atoms with Crippen LogP contribution in [-0.4, -0.2) is 14.1 Å². The number of aryl methyl sites for hydroxylation is 2. The number of pyridine rings is 1. The van der Waals surface area contributed by atoms with Gasteiger partial charge in [-0.2, -0.15) is 18.2 Å². The molecule has 6 heteroatoms. The van der Waals surface area contributed by atoms with Gasteiger partial charge >= 0.3 is 0 Å². The molecule has 0 N–H and O–H groups in total. The fourth-order valence-electron chi connectivity index (χ4n) is 11.0. The van der Waals surface area contributed by atoms with Gasteiger partial charge < -0.3 is 13.9 Å². The van der Waals surface area contributed by atoms with Gasteiger partial charge in [-0.25, -0.2) is 4.98 Å². The van der Waals surface area contributed by atoms with E-state index in [1.807, 2.05) is 77.5 Å². The van der Waals surface area contributed by atoms with Crippen LogP contribution in [0.25, 0.3) is 106 Å². The number of hydrogen-bond acceptors (Lipinski definition) is 2. The third-order valence-electron chi connectivity index (χ3n) is 14.8. The third kappa shape index (κ3) is 8.20. The Hall–Kier alpha value is -8.11. The van der Waals surface area contributed by atoms with Crippen LogP contribution in [0, 0.1) is 32.2 Å². The fraction of sp³-hybridized carbons (Fsp3) is 0.143. The molecule has 76 heavy (non-hydrogen) atoms. The molecule has 9 aromatic carbocycles. The minimum atomic E-state index is -2.66. The van der Waals surface area contributed by atoms with E-state index in [1.165, 1.54) is 23.8 Å². The van der Waals surface area contributed by atoms with Crippen molar-refractivity contribution in [2.24, 2.45) is 0 Å². The first-order valence-electron chi connectivity index (χ1n) is 28.5. The summed E-state index contributed by atoms with van der Waals surface area (Å²) in [5.41, 5.74) is 14.8. The van der Waals surface area contributed by atoms with Crippen LogP contribution in [0.1, 0.15) is 72.0 Å². The Morgan fingerprint density at radius 3 is 1.84 bits per heavy atom. The van der Waals surface area contributed by atoms with Gasteiger partial charge in [0.05, 0.1) is 16.7 Å². The molecule has 374 valence electrons. The summed E-state index contributed by atoms with van der Waals surface area (Å²) < 4.78 is 65.9. The average Bonchev–Trinajstić information content (AvgIpc) is 2.93. The Kier molecular flexibility index (Phi) is 10.3. The molecule has 1 aliphatic rings. The van der Waals surface area contributed by atoms with Crippen LogP contribution in [0.2, 0.25) is 0 Å². The van der Waals surface area contributed by atoms with E-state index in [0.29, 0.717) is 28.3 Å². The Morgan fingerprint density at radius 2 is 1.13 bits per heavy atom. The predicted molar refractivity (Wildman–Crippen MR) is 308 cm³/mol. The van der Waals surface area contributed by atoms with E-state index >= 15 is 0 Å². The van der Waals surface area contributed by atoms with Crippen molar-refractivity contribution in [1.82, 2.24) is 14.1 Å². The second-order valence-electron chi connectivity index (χ2n) is 21.6. The number of para-hydroxylation sites is 2. The first-order valence-corrected chi connectivity index (χ1v) is 25.5. The van der Waals surface area contributed by atoms with E-state index in [9.17, 15) is 0 Å². The topological polar surface area (TPSA) is 35.9 Å². The van der Waals surface area contributed by atoms with Gasteiger partial charge in [0, 0.05) is 52.5 Å². The zero-order chi connectivity index (χ0) is 56.3. The van der Waals surface area contributed by atoms with Crippen LogP contribution >= 0.6 is 0 Å². The Morgan fingerprint density at radius 1 is 0.513 bits per heavy atom. The second kappa shape index (κ2) is 18.6. The first-order chi connectivity index (χ1) is 38.7. The maximum Gasteiger partial charge on any atom is 0.268 e. The van der Waals surface area contributed by atoms with Crippen LogP contribution in [0.4, 0.5) is 0 Å². The molecular weight excluding hydrogens is 1110 g/mol. The molecule has 0 bridgehead atoms. The van der Waals surface area contributed by atoms with E-state index in [0.717, 1.165) is 88.9 Å². The standard InChI is InChI=1S/C70H56N4O.Pt/c1-44-18-15-19-45(2)66(44)47-38-61-57-25-12-10-23-55(57)54-22-9-11-24-56(54)60-28-17-27-53(46-30-32-48(33-31-46)69(3,4)5)67(60)73-43-72(64(39-47)68(61)73)50-20-16-21-51(41-50)75-52-34-35-59-58-26-13-14-29-62(58)74(63(59)42-52)65-40-49(36-37-71-65)70(6,7)8;/h9-40H,1-8H3;/q-2;/i1D3,2D3;. The molecule has 0 radical (unpaired) electrons. The van der Waals surface area contributed by atoms with Crippen LogP contribution in [0.5, 0.6) is 11.5 Å². The normalized spacial score (nSPS) is 13.6. The number of fused-ring (bicyclic) bond motifs is 10. The third-order valence-corrected chi connectivity index (χ3v) is 14.8. The summed E-state index contributed by atoms with van der Waals surface area (Å²) >= 11 is 0. The van der Waals surface area contributed by atoms with E-state index in [-0.39, 0.29) is 48.6 Å². The summed E-state index contributed by atoms with van der Waals surface area (Å²) in [4.78, 5) is 4.88. The number of ether oxygens (including phenoxy) is 1. The van der Waals surface area contributed by atoms with Crippen LogP contribution in [0.3, 0.4) is 0 Å². The molecule has 5 nitrogen and oxygen atoms in total. The van der Waals surface area contributed by atoms with Gasteiger partial charge in [0.1, 0.15) is 5.82 Å². The Labute approximate surface area is 468 Å². The predicted octanol–water partition coefficient (Wildman–Crippen LogP) is 17.4. The van der Waals surface area contributed by atoms with Crippen molar-refractivity contribution >= 4 is 32.8 Å². The molecule has 4 heterocycles. The molecule has 13 rings (SSSR count). The molecule has 0 fully saturated rings. The molecule has 0 spiro atoms. The number of nitrogens with zero attached hydrogens (tertiary/aromatic N) is 4. The van der Waals surface area contributed by atoms with Crippen LogP contribution < -0.4 is 9.30 Å². The van der Waals surface area contributed by atoms with Gasteiger partial charge in [-0.05, 0) is 138 Å². The van der Waals surface area contributed by atoms with E-state index in [4.69, 9.17) is 17.9 Å². The van der Waals surface area contributed by atoms with Gasteiger partial charge in [-0.1, -0.05) is 181 Å². The minimum Gasteiger partial charge on any atom is -0.510 e. The van der Waals surface area contributed by atoms with E-state index < -0.39 is 13.7 Å². The molecule has 0 saturated carbocycles. The largest absolute Gasteiger partial charge is 0.510 e. The molecular formula is C70H56N4OPt-2. The zero-order valence-corrected chi connectivity index (χ0v) is 45.3. The summed E-state index contributed by atoms with van der Waals surface area (Å²) in [5.74, 6) is 1.66. The number of imidazole rings is 1. The summed E-state index contributed by atoms with van der Waals surface area (Å²) in [6.07, 6.45) is 5.71. The number of hydrogen-bond donors (Lipinski definition) is 0. The van der Waals surface area contributed by atoms with Crippen molar-refractivity contribution in [3.63, 3.8) is 0 Å². The van der Waals surface area contributed by atoms with Crippen LogP contribution in [-0.2, 0) is 31.9 Å². The average molecular weight is 1170 g/mol. The molecule has 0 saturated heterocycles. The van der Waals surface area contributed by atoms with Crippen molar-refractivity contribution in [3.05, 3.63) is 235 Å². The molecule has 0 aliphatic carbocycles. The molecule has 12 aromatic rings. The summed E-state index contributed by atoms with van der Waals surface area (Å²) in [7, 11) is 0. The van der Waals surface area contributed by atoms with Crippen molar-refractivity contribution in [2.75, 3.05) is 0 Å². The monoisotopic (exact) mass is 1170 g/mol. The SMILES string of the molecule is [2H]C([2H])([2H])c1cccc(C([2H])([2H])[2H])c1-c1cc2c3c(c1)n(-c1[c-]c(Oc4[c-]c5c(cc4)c4ccccc4n5-c4cc(C(C)(C)C)ccn4)ccc1)[c-][n+]3-c1c(-c3ccc(C(C)(C)C)cc3)cccc1-c1ccccc1-c1ccccc1-2.[Pt]. The van der Waals surface area contributed by atoms with Gasteiger partial charge in [-0.3, -0.25) is 4.57 Å². The van der Waals surface area contributed by atoms with Crippen molar-refractivity contribution < 1.29 is 38.6 Å². The number of benzene rings is 9. The maximum absolute atomic E-state index is 8.83. The van der Waals surface area contributed by atoms with Gasteiger partial charge in [0.2, 0.25) is 0 Å². The van der Waals surface area contributed by atoms with Gasteiger partial charge in [0.15, 0.2) is 0 Å². The van der Waals surface area contributed by atoms with Gasteiger partial charge in [0.25, 0.3) is 6.33 Å². The Bertz CT molecular complexity index is 4470. The number of aromatic nitrogens is 4. The quantitative estimate of drug-likeness (QED) is 0.123. The van der Waals surface area contributed by atoms with Crippen molar-refractivity contribution in [1.29, 1.82) is 0 Å². The molecule has 0 atom stereocenters. The van der Waals surface area contributed by atoms with Crippen molar-refractivity contribution in [3.8, 4) is 84.3 Å². The zero-order valence-electron chi connectivity index (χ0n) is 49.0. The number of rotatable bonds is 6. The summed E-state index contributed by atoms with van der Waals surface area (Å²) in [6, 6.07) is 69.7. The van der Waals surface area contributed by atoms with Crippen LogP contribution in [0.15, 0.2) is 194 Å². The van der Waals surface area contributed by atoms with Crippen molar-refractivity contribution in [2.45, 2.75) is 66.1 Å².